The molecule has 0 radical (unpaired) electrons. The highest BCUT2D eigenvalue weighted by molar-refractivity contribution is 6.01. The Kier molecular flexibility index (Phi) is 5.58. The average molecular weight is 370 g/mol. The average Bonchev–Trinajstić information content (AvgIpc) is 3.26. The van der Waals surface area contributed by atoms with Crippen LogP contribution >= 0.6 is 0 Å². The Morgan fingerprint density at radius 2 is 2.07 bits per heavy atom. The zero-order chi connectivity index (χ0) is 19.6. The van der Waals surface area contributed by atoms with E-state index in [1.165, 1.54) is 0 Å². The van der Waals surface area contributed by atoms with Gasteiger partial charge in [-0.1, -0.05) is 44.1 Å². The Bertz CT molecular complexity index is 830. The van der Waals surface area contributed by atoms with Crippen LogP contribution in [0, 0.1) is 0 Å². The topological polar surface area (TPSA) is 79.5 Å². The molecule has 0 saturated carbocycles. The van der Waals surface area contributed by atoms with Crippen molar-refractivity contribution in [3.05, 3.63) is 47.1 Å². The zero-order valence-corrected chi connectivity index (χ0v) is 16.3. The highest BCUT2D eigenvalue weighted by Gasteiger charge is 2.36. The number of likely N-dealkylation sites (N-methyl/N-ethyl adjacent to an activating group) is 1. The summed E-state index contributed by atoms with van der Waals surface area (Å²) >= 11 is 0. The van der Waals surface area contributed by atoms with Crippen LogP contribution in [0.1, 0.15) is 60.7 Å². The van der Waals surface area contributed by atoms with Gasteiger partial charge < -0.3 is 14.3 Å². The number of hydrogen-bond acceptors (Lipinski definition) is 5. The molecule has 0 fully saturated rings. The first kappa shape index (κ1) is 19.1. The van der Waals surface area contributed by atoms with Gasteiger partial charge in [-0.25, -0.2) is 0 Å². The molecule has 144 valence electrons. The number of nitrogens with zero attached hydrogens (tertiary/aromatic N) is 4. The van der Waals surface area contributed by atoms with E-state index in [0.29, 0.717) is 43.2 Å². The van der Waals surface area contributed by atoms with E-state index in [9.17, 15) is 9.59 Å². The maximum atomic E-state index is 13.0. The monoisotopic (exact) mass is 370 g/mol. The number of carbonyl (C=O) groups excluding carboxylic acids is 2. The molecule has 0 N–H and O–H groups in total. The molecule has 1 aliphatic rings. The predicted octanol–water partition coefficient (Wildman–Crippen LogP) is 2.63. The molecule has 3 rings (SSSR count). The molecule has 2 heterocycles. The van der Waals surface area contributed by atoms with Crippen LogP contribution in [-0.2, 0) is 17.8 Å². The molecule has 0 spiro atoms. The summed E-state index contributed by atoms with van der Waals surface area (Å²) in [6, 6.07) is 7.07. The fourth-order valence-electron chi connectivity index (χ4n) is 3.29. The maximum Gasteiger partial charge on any atom is 0.255 e. The molecule has 2 aromatic rings. The Balaban J connectivity index is 1.63. The SMILES string of the molecule is CC[C@H](C(=O)N(C)CCc1noc(C(C)C)n1)N1Cc2ccccc2C1=O. The lowest BCUT2D eigenvalue weighted by Crippen LogP contribution is -2.47. The Morgan fingerprint density at radius 3 is 2.70 bits per heavy atom. The van der Waals surface area contributed by atoms with Crippen LogP contribution in [0.2, 0.25) is 0 Å². The van der Waals surface area contributed by atoms with Crippen molar-refractivity contribution >= 4 is 11.8 Å². The molecule has 27 heavy (non-hydrogen) atoms. The second-order valence-corrected chi connectivity index (χ2v) is 7.23. The van der Waals surface area contributed by atoms with Crippen LogP contribution in [-0.4, -0.2) is 51.4 Å². The largest absolute Gasteiger partial charge is 0.344 e. The number of amides is 2. The van der Waals surface area contributed by atoms with Crippen molar-refractivity contribution in [2.45, 2.75) is 52.1 Å². The molecular formula is C20H26N4O3. The first-order valence-electron chi connectivity index (χ1n) is 9.38. The van der Waals surface area contributed by atoms with E-state index in [1.807, 2.05) is 45.0 Å². The minimum Gasteiger partial charge on any atom is -0.344 e. The van der Waals surface area contributed by atoms with Gasteiger partial charge >= 0.3 is 0 Å². The molecule has 1 aliphatic heterocycles. The molecule has 7 heteroatoms. The smallest absolute Gasteiger partial charge is 0.255 e. The third-order valence-electron chi connectivity index (χ3n) is 4.92. The van der Waals surface area contributed by atoms with E-state index in [-0.39, 0.29) is 17.7 Å². The second kappa shape index (κ2) is 7.90. The number of fused-ring (bicyclic) bond motifs is 1. The molecule has 0 unspecified atom stereocenters. The normalized spacial score (nSPS) is 14.6. The lowest BCUT2D eigenvalue weighted by Gasteiger charge is -2.29. The first-order valence-corrected chi connectivity index (χ1v) is 9.38. The van der Waals surface area contributed by atoms with Crippen LogP contribution in [0.15, 0.2) is 28.8 Å². The Labute approximate surface area is 159 Å². The zero-order valence-electron chi connectivity index (χ0n) is 16.3. The summed E-state index contributed by atoms with van der Waals surface area (Å²) in [7, 11) is 1.75. The summed E-state index contributed by atoms with van der Waals surface area (Å²) < 4.78 is 5.20. The van der Waals surface area contributed by atoms with E-state index in [1.54, 1.807) is 16.8 Å². The van der Waals surface area contributed by atoms with Crippen LogP contribution in [0.5, 0.6) is 0 Å². The molecule has 2 amide bonds. The van der Waals surface area contributed by atoms with Gasteiger partial charge in [0, 0.05) is 38.0 Å². The minimum absolute atomic E-state index is 0.0637. The van der Waals surface area contributed by atoms with Gasteiger partial charge in [-0.2, -0.15) is 4.98 Å². The van der Waals surface area contributed by atoms with E-state index < -0.39 is 6.04 Å². The highest BCUT2D eigenvalue weighted by Crippen LogP contribution is 2.26. The third kappa shape index (κ3) is 3.86. The molecule has 7 nitrogen and oxygen atoms in total. The van der Waals surface area contributed by atoms with Crippen molar-refractivity contribution in [1.82, 2.24) is 19.9 Å². The van der Waals surface area contributed by atoms with Gasteiger partial charge in [0.15, 0.2) is 5.82 Å². The van der Waals surface area contributed by atoms with E-state index >= 15 is 0 Å². The van der Waals surface area contributed by atoms with Gasteiger partial charge in [-0.05, 0) is 18.1 Å². The summed E-state index contributed by atoms with van der Waals surface area (Å²) in [6.45, 7) is 6.87. The van der Waals surface area contributed by atoms with Crippen molar-refractivity contribution in [3.63, 3.8) is 0 Å². The molecule has 1 aromatic carbocycles. The van der Waals surface area contributed by atoms with Crippen LogP contribution in [0.4, 0.5) is 0 Å². The summed E-state index contributed by atoms with van der Waals surface area (Å²) in [5.41, 5.74) is 1.67. The van der Waals surface area contributed by atoms with Crippen molar-refractivity contribution < 1.29 is 14.1 Å². The number of carbonyl (C=O) groups is 2. The molecule has 0 bridgehead atoms. The van der Waals surface area contributed by atoms with Gasteiger partial charge in [0.2, 0.25) is 11.8 Å². The quantitative estimate of drug-likeness (QED) is 0.748. The van der Waals surface area contributed by atoms with Gasteiger partial charge in [0.1, 0.15) is 6.04 Å². The lowest BCUT2D eigenvalue weighted by molar-refractivity contribution is -0.135. The molecule has 0 saturated heterocycles. The summed E-state index contributed by atoms with van der Waals surface area (Å²) in [4.78, 5) is 33.3. The number of hydrogen-bond donors (Lipinski definition) is 0. The van der Waals surface area contributed by atoms with Gasteiger partial charge in [0.25, 0.3) is 5.91 Å². The summed E-state index contributed by atoms with van der Waals surface area (Å²) in [5.74, 6) is 1.24. The molecule has 1 aromatic heterocycles. The van der Waals surface area contributed by atoms with Gasteiger partial charge in [-0.3, -0.25) is 9.59 Å². The highest BCUT2D eigenvalue weighted by atomic mass is 16.5. The molecule has 1 atom stereocenters. The van der Waals surface area contributed by atoms with Crippen LogP contribution in [0.3, 0.4) is 0 Å². The van der Waals surface area contributed by atoms with Crippen molar-refractivity contribution in [2.75, 3.05) is 13.6 Å². The van der Waals surface area contributed by atoms with Crippen LogP contribution < -0.4 is 0 Å². The fourth-order valence-corrected chi connectivity index (χ4v) is 3.29. The van der Waals surface area contributed by atoms with Crippen molar-refractivity contribution in [3.8, 4) is 0 Å². The maximum absolute atomic E-state index is 13.0. The van der Waals surface area contributed by atoms with E-state index in [4.69, 9.17) is 4.52 Å². The molecule has 0 aliphatic carbocycles. The number of rotatable bonds is 7. The van der Waals surface area contributed by atoms with Crippen molar-refractivity contribution in [1.29, 1.82) is 0 Å². The third-order valence-corrected chi connectivity index (χ3v) is 4.92. The second-order valence-electron chi connectivity index (χ2n) is 7.23. The Morgan fingerprint density at radius 1 is 1.33 bits per heavy atom. The van der Waals surface area contributed by atoms with Crippen molar-refractivity contribution in [2.24, 2.45) is 0 Å². The fraction of sp³-hybridized carbons (Fsp3) is 0.500. The summed E-state index contributed by atoms with van der Waals surface area (Å²) in [6.07, 6.45) is 1.09. The lowest BCUT2D eigenvalue weighted by atomic mass is 10.1. The van der Waals surface area contributed by atoms with E-state index in [0.717, 1.165) is 5.56 Å². The summed E-state index contributed by atoms with van der Waals surface area (Å²) in [5, 5.41) is 3.96. The number of aromatic nitrogens is 2. The van der Waals surface area contributed by atoms with E-state index in [2.05, 4.69) is 10.1 Å². The Hall–Kier alpha value is -2.70. The molecular weight excluding hydrogens is 344 g/mol. The standard InChI is InChI=1S/C20H26N4O3/c1-5-16(24-12-14-8-6-7-9-15(14)19(24)25)20(26)23(4)11-10-17-21-18(13(2)3)27-22-17/h6-9,13,16H,5,10-12H2,1-4H3/t16-/m1/s1. The predicted molar refractivity (Wildman–Crippen MR) is 100 cm³/mol. The van der Waals surface area contributed by atoms with Crippen LogP contribution in [0.25, 0.3) is 0 Å². The number of benzene rings is 1. The first-order chi connectivity index (χ1) is 12.9. The minimum atomic E-state index is -0.466. The van der Waals surface area contributed by atoms with Gasteiger partial charge in [0.05, 0.1) is 0 Å². The van der Waals surface area contributed by atoms with Gasteiger partial charge in [-0.15, -0.1) is 0 Å².